The van der Waals surface area contributed by atoms with Crippen molar-refractivity contribution in [3.63, 3.8) is 0 Å². The summed E-state index contributed by atoms with van der Waals surface area (Å²) in [7, 11) is 0. The summed E-state index contributed by atoms with van der Waals surface area (Å²) in [5.74, 6) is 8.84. The fourth-order valence-electron chi connectivity index (χ4n) is 3.04. The summed E-state index contributed by atoms with van der Waals surface area (Å²) in [4.78, 5) is 0. The molecule has 0 bridgehead atoms. The van der Waals surface area contributed by atoms with Crippen LogP contribution >= 0.6 is 11.8 Å². The second kappa shape index (κ2) is 5.71. The highest BCUT2D eigenvalue weighted by atomic mass is 32.2. The number of nitrogens with one attached hydrogen (secondary N) is 1. The molecule has 4 heteroatoms. The molecule has 0 aliphatic carbocycles. The van der Waals surface area contributed by atoms with E-state index in [2.05, 4.69) is 12.3 Å². The normalized spacial score (nSPS) is 36.8. The Morgan fingerprint density at radius 2 is 2.50 bits per heavy atom. The van der Waals surface area contributed by atoms with Gasteiger partial charge in [-0.15, -0.1) is 0 Å². The number of ether oxygens (including phenoxy) is 1. The summed E-state index contributed by atoms with van der Waals surface area (Å²) in [6.07, 6.45) is 5.99. The molecule has 1 spiro atoms. The molecule has 94 valence electrons. The molecule has 0 aromatic rings. The van der Waals surface area contributed by atoms with Gasteiger partial charge in [-0.25, -0.2) is 0 Å². The molecule has 2 rings (SSSR count). The first kappa shape index (κ1) is 12.7. The highest BCUT2D eigenvalue weighted by Gasteiger charge is 2.42. The van der Waals surface area contributed by atoms with Gasteiger partial charge in [0.1, 0.15) is 0 Å². The summed E-state index contributed by atoms with van der Waals surface area (Å²) >= 11 is 2.04. The molecule has 0 amide bonds. The number of hydrogen-bond acceptors (Lipinski definition) is 4. The molecule has 2 saturated heterocycles. The second-order valence-electron chi connectivity index (χ2n) is 5.15. The van der Waals surface area contributed by atoms with Crippen molar-refractivity contribution in [2.45, 2.75) is 50.7 Å². The lowest BCUT2D eigenvalue weighted by atomic mass is 9.80. The molecule has 2 aliphatic rings. The van der Waals surface area contributed by atoms with Crippen LogP contribution in [0.4, 0.5) is 0 Å². The molecule has 3 atom stereocenters. The maximum atomic E-state index is 6.04. The monoisotopic (exact) mass is 244 g/mol. The van der Waals surface area contributed by atoms with Crippen LogP contribution in [0, 0.1) is 5.92 Å². The van der Waals surface area contributed by atoms with E-state index < -0.39 is 0 Å². The van der Waals surface area contributed by atoms with E-state index in [9.17, 15) is 0 Å². The van der Waals surface area contributed by atoms with E-state index >= 15 is 0 Å². The van der Waals surface area contributed by atoms with Crippen LogP contribution in [-0.4, -0.2) is 29.8 Å². The van der Waals surface area contributed by atoms with Gasteiger partial charge in [0.25, 0.3) is 0 Å². The smallest absolute Gasteiger partial charge is 0.0783 e. The summed E-state index contributed by atoms with van der Waals surface area (Å²) in [6.45, 7) is 3.15. The van der Waals surface area contributed by atoms with Crippen LogP contribution < -0.4 is 11.3 Å². The largest absolute Gasteiger partial charge is 0.374 e. The Balaban J connectivity index is 1.94. The predicted molar refractivity (Wildman–Crippen MR) is 69.4 cm³/mol. The van der Waals surface area contributed by atoms with Crippen molar-refractivity contribution in [1.82, 2.24) is 5.43 Å². The van der Waals surface area contributed by atoms with Crippen molar-refractivity contribution in [3.8, 4) is 0 Å². The van der Waals surface area contributed by atoms with Gasteiger partial charge >= 0.3 is 0 Å². The van der Waals surface area contributed by atoms with E-state index in [0.717, 1.165) is 6.61 Å². The van der Waals surface area contributed by atoms with Crippen molar-refractivity contribution in [1.29, 1.82) is 0 Å². The Morgan fingerprint density at radius 1 is 1.62 bits per heavy atom. The number of hydrogen-bond donors (Lipinski definition) is 2. The fraction of sp³-hybridized carbons (Fsp3) is 1.00. The van der Waals surface area contributed by atoms with Gasteiger partial charge in [0, 0.05) is 18.4 Å². The quantitative estimate of drug-likeness (QED) is 0.586. The first-order valence-electron chi connectivity index (χ1n) is 6.47. The summed E-state index contributed by atoms with van der Waals surface area (Å²) in [6, 6.07) is 0.483. The van der Waals surface area contributed by atoms with Gasteiger partial charge < -0.3 is 4.74 Å². The Kier molecular flexibility index (Phi) is 4.53. The zero-order chi connectivity index (χ0) is 11.4. The van der Waals surface area contributed by atoms with Crippen LogP contribution in [0.5, 0.6) is 0 Å². The molecule has 0 radical (unpaired) electrons. The standard InChI is InChI=1S/C12H24N2OS/c1-2-3-11(14-13)10-4-6-15-12(8-10)5-7-16-9-12/h10-11,14H,2-9,13H2,1H3. The Labute approximate surface area is 103 Å². The van der Waals surface area contributed by atoms with Crippen LogP contribution in [0.3, 0.4) is 0 Å². The number of thioether (sulfide) groups is 1. The molecule has 3 N–H and O–H groups in total. The summed E-state index contributed by atoms with van der Waals surface area (Å²) in [5.41, 5.74) is 3.21. The lowest BCUT2D eigenvalue weighted by molar-refractivity contribution is -0.0855. The molecule has 0 aromatic carbocycles. The third-order valence-corrected chi connectivity index (χ3v) is 5.20. The van der Waals surface area contributed by atoms with Crippen LogP contribution in [0.25, 0.3) is 0 Å². The molecule has 0 saturated carbocycles. The Bertz CT molecular complexity index is 219. The van der Waals surface area contributed by atoms with E-state index in [4.69, 9.17) is 10.6 Å². The van der Waals surface area contributed by atoms with E-state index in [1.165, 1.54) is 43.6 Å². The van der Waals surface area contributed by atoms with Crippen molar-refractivity contribution < 1.29 is 4.74 Å². The van der Waals surface area contributed by atoms with Crippen LogP contribution in [-0.2, 0) is 4.74 Å². The second-order valence-corrected chi connectivity index (χ2v) is 6.25. The van der Waals surface area contributed by atoms with Crippen LogP contribution in [0.1, 0.15) is 39.0 Å². The lowest BCUT2D eigenvalue weighted by Gasteiger charge is -2.40. The Hall–Kier alpha value is 0.230. The molecule has 2 heterocycles. The molecule has 3 nitrogen and oxygen atoms in total. The van der Waals surface area contributed by atoms with E-state index in [1.807, 2.05) is 11.8 Å². The average molecular weight is 244 g/mol. The average Bonchev–Trinajstić information content (AvgIpc) is 2.74. The lowest BCUT2D eigenvalue weighted by Crippen LogP contribution is -2.48. The first-order valence-corrected chi connectivity index (χ1v) is 7.63. The maximum Gasteiger partial charge on any atom is 0.0783 e. The van der Waals surface area contributed by atoms with Gasteiger partial charge in [-0.05, 0) is 37.4 Å². The first-order chi connectivity index (χ1) is 7.79. The SMILES string of the molecule is CCCC(NN)C1CCOC2(CCSC2)C1. The minimum Gasteiger partial charge on any atom is -0.374 e. The van der Waals surface area contributed by atoms with Gasteiger partial charge in [-0.3, -0.25) is 11.3 Å². The van der Waals surface area contributed by atoms with Crippen molar-refractivity contribution >= 4 is 11.8 Å². The molecule has 0 aromatic heterocycles. The van der Waals surface area contributed by atoms with Gasteiger partial charge in [0.15, 0.2) is 0 Å². The van der Waals surface area contributed by atoms with E-state index in [-0.39, 0.29) is 5.60 Å². The number of hydrazine groups is 1. The van der Waals surface area contributed by atoms with Crippen molar-refractivity contribution in [3.05, 3.63) is 0 Å². The molecule has 16 heavy (non-hydrogen) atoms. The number of nitrogens with two attached hydrogens (primary N) is 1. The minimum atomic E-state index is 0.191. The third-order valence-electron chi connectivity index (χ3n) is 3.98. The van der Waals surface area contributed by atoms with Crippen LogP contribution in [0.15, 0.2) is 0 Å². The van der Waals surface area contributed by atoms with Gasteiger partial charge in [-0.2, -0.15) is 11.8 Å². The highest BCUT2D eigenvalue weighted by Crippen LogP contribution is 2.41. The predicted octanol–water partition coefficient (Wildman–Crippen LogP) is 1.92. The molecular formula is C12H24N2OS. The molecule has 3 unspecified atom stereocenters. The summed E-state index contributed by atoms with van der Waals surface area (Å²) < 4.78 is 6.04. The highest BCUT2D eigenvalue weighted by molar-refractivity contribution is 7.99. The fourth-order valence-corrected chi connectivity index (χ4v) is 4.42. The van der Waals surface area contributed by atoms with E-state index in [1.54, 1.807) is 0 Å². The van der Waals surface area contributed by atoms with Gasteiger partial charge in [-0.1, -0.05) is 13.3 Å². The van der Waals surface area contributed by atoms with E-state index in [0.29, 0.717) is 12.0 Å². The van der Waals surface area contributed by atoms with Gasteiger partial charge in [0.05, 0.1) is 5.60 Å². The van der Waals surface area contributed by atoms with Gasteiger partial charge in [0.2, 0.25) is 0 Å². The zero-order valence-corrected chi connectivity index (χ0v) is 11.0. The maximum absolute atomic E-state index is 6.04. The molecule has 2 aliphatic heterocycles. The number of rotatable bonds is 4. The third kappa shape index (κ3) is 2.73. The topological polar surface area (TPSA) is 47.3 Å². The molecular weight excluding hydrogens is 220 g/mol. The Morgan fingerprint density at radius 3 is 3.12 bits per heavy atom. The van der Waals surface area contributed by atoms with Crippen molar-refractivity contribution in [2.75, 3.05) is 18.1 Å². The van der Waals surface area contributed by atoms with Crippen LogP contribution in [0.2, 0.25) is 0 Å². The summed E-state index contributed by atoms with van der Waals surface area (Å²) in [5, 5.41) is 0. The zero-order valence-electron chi connectivity index (χ0n) is 10.2. The van der Waals surface area contributed by atoms with Crippen molar-refractivity contribution in [2.24, 2.45) is 11.8 Å². The minimum absolute atomic E-state index is 0.191. The molecule has 2 fully saturated rings.